The van der Waals surface area contributed by atoms with Gasteiger partial charge < -0.3 is 15.3 Å². The Morgan fingerprint density at radius 1 is 1.47 bits per heavy atom. The molecule has 2 amide bonds. The molecular formula is C12H20N2O3. The zero-order valence-electron chi connectivity index (χ0n) is 10.8. The average molecular weight is 240 g/mol. The Morgan fingerprint density at radius 3 is 2.35 bits per heavy atom. The van der Waals surface area contributed by atoms with Crippen molar-refractivity contribution in [2.75, 3.05) is 6.54 Å². The van der Waals surface area contributed by atoms with E-state index >= 15 is 0 Å². The summed E-state index contributed by atoms with van der Waals surface area (Å²) < 4.78 is 0. The molecule has 0 aromatic heterocycles. The summed E-state index contributed by atoms with van der Waals surface area (Å²) in [5.74, 6) is 1.40. The van der Waals surface area contributed by atoms with E-state index in [2.05, 4.69) is 11.2 Å². The zero-order chi connectivity index (χ0) is 13.6. The number of amides is 2. The van der Waals surface area contributed by atoms with Crippen LogP contribution in [0.15, 0.2) is 0 Å². The second-order valence-corrected chi connectivity index (χ2v) is 4.91. The van der Waals surface area contributed by atoms with Crippen LogP contribution in [0.25, 0.3) is 0 Å². The highest BCUT2D eigenvalue weighted by molar-refractivity contribution is 5.80. The molecule has 1 atom stereocenters. The topological polar surface area (TPSA) is 69.6 Å². The van der Waals surface area contributed by atoms with Crippen molar-refractivity contribution in [2.24, 2.45) is 0 Å². The Hall–Kier alpha value is -1.70. The molecule has 0 saturated carbocycles. The van der Waals surface area contributed by atoms with Gasteiger partial charge in [-0.3, -0.25) is 4.79 Å². The van der Waals surface area contributed by atoms with E-state index in [1.807, 2.05) is 0 Å². The summed E-state index contributed by atoms with van der Waals surface area (Å²) in [5.41, 5.74) is -0.557. The highest BCUT2D eigenvalue weighted by atomic mass is 16.4. The third-order valence-electron chi connectivity index (χ3n) is 2.14. The van der Waals surface area contributed by atoms with Crippen LogP contribution in [0.4, 0.5) is 4.79 Å². The van der Waals surface area contributed by atoms with Crippen LogP contribution in [0.5, 0.6) is 0 Å². The Kier molecular flexibility index (Phi) is 5.52. The summed E-state index contributed by atoms with van der Waals surface area (Å²) in [6, 6.07) is -0.589. The number of urea groups is 1. The highest BCUT2D eigenvalue weighted by Crippen LogP contribution is 2.13. The zero-order valence-corrected chi connectivity index (χ0v) is 10.8. The molecule has 0 bridgehead atoms. The molecule has 0 aliphatic carbocycles. The van der Waals surface area contributed by atoms with Crippen molar-refractivity contribution in [3.63, 3.8) is 0 Å². The van der Waals surface area contributed by atoms with Gasteiger partial charge in [-0.25, -0.2) is 4.79 Å². The highest BCUT2D eigenvalue weighted by Gasteiger charge is 2.28. The van der Waals surface area contributed by atoms with Gasteiger partial charge >= 0.3 is 12.0 Å². The van der Waals surface area contributed by atoms with Gasteiger partial charge in [0.25, 0.3) is 0 Å². The van der Waals surface area contributed by atoms with E-state index in [0.29, 0.717) is 6.42 Å². The first-order valence-corrected chi connectivity index (χ1v) is 5.42. The van der Waals surface area contributed by atoms with E-state index in [1.54, 1.807) is 27.7 Å². The van der Waals surface area contributed by atoms with Gasteiger partial charge in [0.1, 0.15) is 6.54 Å². The summed E-state index contributed by atoms with van der Waals surface area (Å²) in [5, 5.41) is 11.5. The number of rotatable bonds is 4. The van der Waals surface area contributed by atoms with Gasteiger partial charge in [0.05, 0.1) is 0 Å². The van der Waals surface area contributed by atoms with Crippen molar-refractivity contribution < 1.29 is 14.7 Å². The number of hydrogen-bond donors (Lipinski definition) is 2. The fourth-order valence-electron chi connectivity index (χ4n) is 1.27. The molecule has 0 aliphatic heterocycles. The van der Waals surface area contributed by atoms with Crippen LogP contribution in [0, 0.1) is 12.3 Å². The minimum Gasteiger partial charge on any atom is -0.480 e. The van der Waals surface area contributed by atoms with Crippen LogP contribution in [-0.4, -0.2) is 40.1 Å². The molecule has 0 aromatic carbocycles. The van der Waals surface area contributed by atoms with E-state index in [9.17, 15) is 9.59 Å². The normalized spacial score (nSPS) is 12.4. The van der Waals surface area contributed by atoms with Gasteiger partial charge in [0, 0.05) is 18.0 Å². The molecule has 0 fully saturated rings. The molecule has 0 spiro atoms. The second-order valence-electron chi connectivity index (χ2n) is 4.91. The molecule has 96 valence electrons. The molecule has 0 saturated heterocycles. The standard InChI is InChI=1S/C12H20N2O3/c1-6-7-9(2)13-11(17)14(8-10(15)16)12(3,4)5/h1,9H,7-8H2,2-5H3,(H,13,17)(H,15,16). The maximum absolute atomic E-state index is 11.9. The lowest BCUT2D eigenvalue weighted by Crippen LogP contribution is -2.54. The monoisotopic (exact) mass is 240 g/mol. The molecule has 2 N–H and O–H groups in total. The summed E-state index contributed by atoms with van der Waals surface area (Å²) in [6.45, 7) is 6.78. The molecule has 0 radical (unpaired) electrons. The fraction of sp³-hybridized carbons (Fsp3) is 0.667. The summed E-state index contributed by atoms with van der Waals surface area (Å²) in [6.07, 6.45) is 5.55. The van der Waals surface area contributed by atoms with E-state index in [0.717, 1.165) is 0 Å². The van der Waals surface area contributed by atoms with Gasteiger partial charge in [0.2, 0.25) is 0 Å². The van der Waals surface area contributed by atoms with Crippen molar-refractivity contribution in [2.45, 2.75) is 45.7 Å². The quantitative estimate of drug-likeness (QED) is 0.727. The van der Waals surface area contributed by atoms with Crippen LogP contribution in [0.3, 0.4) is 0 Å². The first kappa shape index (κ1) is 15.3. The van der Waals surface area contributed by atoms with Crippen molar-refractivity contribution in [1.82, 2.24) is 10.2 Å². The van der Waals surface area contributed by atoms with Gasteiger partial charge in [-0.05, 0) is 27.7 Å². The van der Waals surface area contributed by atoms with Crippen molar-refractivity contribution >= 4 is 12.0 Å². The number of hydrogen-bond acceptors (Lipinski definition) is 2. The summed E-state index contributed by atoms with van der Waals surface area (Å²) in [7, 11) is 0. The van der Waals surface area contributed by atoms with Crippen molar-refractivity contribution in [3.8, 4) is 12.3 Å². The van der Waals surface area contributed by atoms with Crippen molar-refractivity contribution in [3.05, 3.63) is 0 Å². The van der Waals surface area contributed by atoms with Crippen LogP contribution in [0.2, 0.25) is 0 Å². The van der Waals surface area contributed by atoms with Crippen LogP contribution in [-0.2, 0) is 4.79 Å². The second kappa shape index (κ2) is 6.14. The molecule has 5 heteroatoms. The van der Waals surface area contributed by atoms with E-state index in [4.69, 9.17) is 11.5 Å². The molecule has 0 aliphatic rings. The van der Waals surface area contributed by atoms with E-state index < -0.39 is 17.5 Å². The molecular weight excluding hydrogens is 220 g/mol. The Bertz CT molecular complexity index is 326. The number of carboxylic acids is 1. The minimum absolute atomic E-state index is 0.175. The van der Waals surface area contributed by atoms with Crippen molar-refractivity contribution in [1.29, 1.82) is 0 Å². The maximum atomic E-state index is 11.9. The average Bonchev–Trinajstić information content (AvgIpc) is 2.12. The van der Waals surface area contributed by atoms with Crippen LogP contribution >= 0.6 is 0 Å². The lowest BCUT2D eigenvalue weighted by molar-refractivity contribution is -0.138. The molecule has 0 aromatic rings. The Morgan fingerprint density at radius 2 is 2.00 bits per heavy atom. The Labute approximate surface area is 102 Å². The van der Waals surface area contributed by atoms with Crippen LogP contribution in [0.1, 0.15) is 34.1 Å². The fourth-order valence-corrected chi connectivity index (χ4v) is 1.27. The van der Waals surface area contributed by atoms with Gasteiger partial charge in [-0.2, -0.15) is 0 Å². The lowest BCUT2D eigenvalue weighted by Gasteiger charge is -2.35. The first-order chi connectivity index (χ1) is 7.68. The number of nitrogens with zero attached hydrogens (tertiary/aromatic N) is 1. The largest absolute Gasteiger partial charge is 0.480 e. The van der Waals surface area contributed by atoms with E-state index in [1.165, 1.54) is 4.90 Å². The predicted octanol–water partition coefficient (Wildman–Crippen LogP) is 1.29. The number of terminal acetylenes is 1. The van der Waals surface area contributed by atoms with E-state index in [-0.39, 0.29) is 12.6 Å². The maximum Gasteiger partial charge on any atom is 0.323 e. The predicted molar refractivity (Wildman–Crippen MR) is 65.5 cm³/mol. The van der Waals surface area contributed by atoms with Crippen LogP contribution < -0.4 is 5.32 Å². The van der Waals surface area contributed by atoms with Gasteiger partial charge in [0.15, 0.2) is 0 Å². The molecule has 0 heterocycles. The number of nitrogens with one attached hydrogen (secondary N) is 1. The number of aliphatic carboxylic acids is 1. The third-order valence-corrected chi connectivity index (χ3v) is 2.14. The molecule has 17 heavy (non-hydrogen) atoms. The van der Waals surface area contributed by atoms with Gasteiger partial charge in [-0.1, -0.05) is 0 Å². The third kappa shape index (κ3) is 5.81. The van der Waals surface area contributed by atoms with Gasteiger partial charge in [-0.15, -0.1) is 12.3 Å². The lowest BCUT2D eigenvalue weighted by atomic mass is 10.1. The minimum atomic E-state index is -1.04. The number of carbonyl (C=O) groups excluding carboxylic acids is 1. The SMILES string of the molecule is C#CCC(C)NC(=O)N(CC(=O)O)C(C)(C)C. The number of carbonyl (C=O) groups is 2. The molecule has 1 unspecified atom stereocenters. The summed E-state index contributed by atoms with van der Waals surface area (Å²) >= 11 is 0. The first-order valence-electron chi connectivity index (χ1n) is 5.42. The smallest absolute Gasteiger partial charge is 0.323 e. The molecule has 0 rings (SSSR count). The summed E-state index contributed by atoms with van der Waals surface area (Å²) in [4.78, 5) is 23.9. The Balaban J connectivity index is 4.66. The molecule has 5 nitrogen and oxygen atoms in total. The number of carboxylic acid groups (broad SMARTS) is 1.